The van der Waals surface area contributed by atoms with Gasteiger partial charge in [-0.25, -0.2) is 0 Å². The van der Waals surface area contributed by atoms with Crippen LogP contribution in [0.15, 0.2) is 5.29 Å². The molecule has 2 aliphatic rings. The van der Waals surface area contributed by atoms with Crippen molar-refractivity contribution in [2.75, 3.05) is 0 Å². The highest BCUT2D eigenvalue weighted by molar-refractivity contribution is 4.93. The number of rotatable bonds is 3. The SMILES string of the molecule is CC1CC(N(N=O)C2CC(C)CC(C)(C)C2)CC(C)(C)C1. The van der Waals surface area contributed by atoms with Gasteiger partial charge in [0.1, 0.15) is 0 Å². The van der Waals surface area contributed by atoms with E-state index in [0.29, 0.717) is 34.7 Å². The third-order valence-electron chi connectivity index (χ3n) is 5.57. The molecule has 0 aromatic rings. The normalized spacial score (nSPS) is 38.8. The molecule has 2 fully saturated rings. The van der Waals surface area contributed by atoms with E-state index < -0.39 is 0 Å². The van der Waals surface area contributed by atoms with Gasteiger partial charge in [-0.1, -0.05) is 41.5 Å². The zero-order valence-electron chi connectivity index (χ0n) is 14.9. The summed E-state index contributed by atoms with van der Waals surface area (Å²) in [5, 5.41) is 5.49. The lowest BCUT2D eigenvalue weighted by Gasteiger charge is -2.48. The summed E-state index contributed by atoms with van der Waals surface area (Å²) in [6.07, 6.45) is 7.00. The Labute approximate surface area is 130 Å². The van der Waals surface area contributed by atoms with Crippen LogP contribution >= 0.6 is 0 Å². The quantitative estimate of drug-likeness (QED) is 0.515. The zero-order chi connectivity index (χ0) is 15.8. The topological polar surface area (TPSA) is 32.7 Å². The maximum absolute atomic E-state index is 11.6. The van der Waals surface area contributed by atoms with Gasteiger partial charge in [-0.3, -0.25) is 5.01 Å². The summed E-state index contributed by atoms with van der Waals surface area (Å²) in [7, 11) is 0. The minimum absolute atomic E-state index is 0.334. The van der Waals surface area contributed by atoms with Crippen LogP contribution < -0.4 is 0 Å². The van der Waals surface area contributed by atoms with Crippen LogP contribution in [0.2, 0.25) is 0 Å². The molecule has 122 valence electrons. The molecule has 3 heteroatoms. The smallest absolute Gasteiger partial charge is 0.0529 e. The van der Waals surface area contributed by atoms with Gasteiger partial charge in [0.2, 0.25) is 0 Å². The molecule has 2 rings (SSSR count). The van der Waals surface area contributed by atoms with Gasteiger partial charge in [0.25, 0.3) is 0 Å². The average Bonchev–Trinajstić information content (AvgIpc) is 2.23. The van der Waals surface area contributed by atoms with Crippen LogP contribution in [-0.4, -0.2) is 17.1 Å². The number of nitrogens with zero attached hydrogens (tertiary/aromatic N) is 2. The first-order chi connectivity index (χ1) is 9.62. The molecule has 0 amide bonds. The summed E-state index contributed by atoms with van der Waals surface area (Å²) in [5.41, 5.74) is 0.669. The Hall–Kier alpha value is -0.600. The first-order valence-electron chi connectivity index (χ1n) is 8.73. The van der Waals surface area contributed by atoms with Crippen molar-refractivity contribution in [1.29, 1.82) is 0 Å². The maximum Gasteiger partial charge on any atom is 0.0529 e. The second-order valence-corrected chi connectivity index (χ2v) is 9.60. The van der Waals surface area contributed by atoms with E-state index in [4.69, 9.17) is 0 Å². The summed E-state index contributed by atoms with van der Waals surface area (Å²) in [5.74, 6) is 1.38. The van der Waals surface area contributed by atoms with Crippen LogP contribution in [0.3, 0.4) is 0 Å². The van der Waals surface area contributed by atoms with Crippen molar-refractivity contribution in [1.82, 2.24) is 5.01 Å². The van der Waals surface area contributed by atoms with E-state index >= 15 is 0 Å². The van der Waals surface area contributed by atoms with Gasteiger partial charge in [-0.2, -0.15) is 0 Å². The van der Waals surface area contributed by atoms with Crippen molar-refractivity contribution in [3.05, 3.63) is 4.91 Å². The van der Waals surface area contributed by atoms with E-state index in [0.717, 1.165) is 25.7 Å². The molecule has 0 radical (unpaired) electrons. The summed E-state index contributed by atoms with van der Waals surface area (Å²) in [6.45, 7) is 14.0. The maximum atomic E-state index is 11.6. The molecule has 0 saturated heterocycles. The van der Waals surface area contributed by atoms with Crippen molar-refractivity contribution >= 4 is 0 Å². The fraction of sp³-hybridized carbons (Fsp3) is 1.00. The minimum Gasteiger partial charge on any atom is -0.255 e. The summed E-state index contributed by atoms with van der Waals surface area (Å²) < 4.78 is 0. The van der Waals surface area contributed by atoms with E-state index in [2.05, 4.69) is 46.8 Å². The van der Waals surface area contributed by atoms with Gasteiger partial charge in [-0.05, 0) is 61.2 Å². The van der Waals surface area contributed by atoms with E-state index in [1.165, 1.54) is 12.8 Å². The molecule has 2 saturated carbocycles. The van der Waals surface area contributed by atoms with Crippen LogP contribution in [-0.2, 0) is 0 Å². The highest BCUT2D eigenvalue weighted by Crippen LogP contribution is 2.45. The Bertz CT molecular complexity index is 345. The van der Waals surface area contributed by atoms with E-state index in [1.54, 1.807) is 0 Å². The van der Waals surface area contributed by atoms with Gasteiger partial charge >= 0.3 is 0 Å². The van der Waals surface area contributed by atoms with Crippen molar-refractivity contribution in [3.63, 3.8) is 0 Å². The first-order valence-corrected chi connectivity index (χ1v) is 8.73. The monoisotopic (exact) mass is 294 g/mol. The largest absolute Gasteiger partial charge is 0.255 e. The Morgan fingerprint density at radius 1 is 0.810 bits per heavy atom. The Morgan fingerprint density at radius 2 is 1.19 bits per heavy atom. The third-order valence-corrected chi connectivity index (χ3v) is 5.57. The molecule has 0 aromatic heterocycles. The molecule has 21 heavy (non-hydrogen) atoms. The Morgan fingerprint density at radius 3 is 1.48 bits per heavy atom. The second-order valence-electron chi connectivity index (χ2n) is 9.60. The van der Waals surface area contributed by atoms with Crippen molar-refractivity contribution < 1.29 is 0 Å². The van der Waals surface area contributed by atoms with Gasteiger partial charge in [-0.15, -0.1) is 4.91 Å². The first kappa shape index (κ1) is 16.8. The molecule has 0 heterocycles. The van der Waals surface area contributed by atoms with Crippen LogP contribution in [0.4, 0.5) is 0 Å². The molecule has 3 nitrogen and oxygen atoms in total. The van der Waals surface area contributed by atoms with Crippen LogP contribution in [0.25, 0.3) is 0 Å². The van der Waals surface area contributed by atoms with Gasteiger partial charge in [0, 0.05) is 0 Å². The van der Waals surface area contributed by atoms with Crippen LogP contribution in [0.5, 0.6) is 0 Å². The Kier molecular flexibility index (Phi) is 4.70. The molecular formula is C18H34N2O. The summed E-state index contributed by atoms with van der Waals surface area (Å²) in [4.78, 5) is 11.6. The predicted octanol–water partition coefficient (Wildman–Crippen LogP) is 5.40. The molecule has 0 N–H and O–H groups in total. The van der Waals surface area contributed by atoms with Gasteiger partial charge < -0.3 is 0 Å². The predicted molar refractivity (Wildman–Crippen MR) is 88.8 cm³/mol. The van der Waals surface area contributed by atoms with E-state index in [-0.39, 0.29) is 0 Å². The van der Waals surface area contributed by atoms with Crippen molar-refractivity contribution in [2.45, 2.75) is 92.2 Å². The molecule has 4 atom stereocenters. The number of hydrogen-bond donors (Lipinski definition) is 0. The Balaban J connectivity index is 2.13. The number of nitroso groups, excluding NO2 is 1. The lowest BCUT2D eigenvalue weighted by Crippen LogP contribution is -2.48. The van der Waals surface area contributed by atoms with Crippen LogP contribution in [0, 0.1) is 27.6 Å². The molecule has 0 bridgehead atoms. The van der Waals surface area contributed by atoms with Gasteiger partial charge in [0.15, 0.2) is 0 Å². The molecular weight excluding hydrogens is 260 g/mol. The average molecular weight is 294 g/mol. The highest BCUT2D eigenvalue weighted by Gasteiger charge is 2.41. The van der Waals surface area contributed by atoms with E-state index in [9.17, 15) is 4.91 Å². The van der Waals surface area contributed by atoms with E-state index in [1.807, 2.05) is 5.01 Å². The van der Waals surface area contributed by atoms with Gasteiger partial charge in [0.05, 0.1) is 17.4 Å². The fourth-order valence-electron chi connectivity index (χ4n) is 5.43. The lowest BCUT2D eigenvalue weighted by atomic mass is 9.68. The summed E-state index contributed by atoms with van der Waals surface area (Å²) in [6, 6.07) is 0.680. The van der Waals surface area contributed by atoms with Crippen LogP contribution in [0.1, 0.15) is 80.1 Å². The standard InChI is InChI=1S/C18H34N2O/c1-13-7-15(11-17(3,4)9-13)20(19-21)16-8-14(2)10-18(5,6)12-16/h13-16H,7-12H2,1-6H3. The number of hydrogen-bond acceptors (Lipinski definition) is 2. The summed E-state index contributed by atoms with van der Waals surface area (Å²) >= 11 is 0. The molecule has 0 aliphatic heterocycles. The van der Waals surface area contributed by atoms with Crippen molar-refractivity contribution in [2.24, 2.45) is 28.0 Å². The molecule has 0 aromatic carbocycles. The molecule has 4 unspecified atom stereocenters. The minimum atomic E-state index is 0.334. The highest BCUT2D eigenvalue weighted by atomic mass is 16.3. The molecule has 2 aliphatic carbocycles. The lowest BCUT2D eigenvalue weighted by molar-refractivity contribution is -0.00323. The zero-order valence-corrected chi connectivity index (χ0v) is 14.9. The molecule has 0 spiro atoms. The second kappa shape index (κ2) is 5.89. The fourth-order valence-corrected chi connectivity index (χ4v) is 5.43. The third kappa shape index (κ3) is 4.20. The van der Waals surface area contributed by atoms with Crippen molar-refractivity contribution in [3.8, 4) is 0 Å².